The van der Waals surface area contributed by atoms with Crippen LogP contribution in [0.5, 0.6) is 0 Å². The number of hydrogen-bond donors (Lipinski definition) is 2. The van der Waals surface area contributed by atoms with Gasteiger partial charge in [-0.2, -0.15) is 5.10 Å². The van der Waals surface area contributed by atoms with E-state index in [1.54, 1.807) is 12.4 Å². The molecule has 144 valence electrons. The molecular formula is C20H24ClFN4O. The van der Waals surface area contributed by atoms with Crippen LogP contribution >= 0.6 is 12.4 Å². The predicted molar refractivity (Wildman–Crippen MR) is 107 cm³/mol. The molecule has 3 atom stereocenters. The van der Waals surface area contributed by atoms with Crippen molar-refractivity contribution in [3.8, 4) is 0 Å². The largest absolute Gasteiger partial charge is 0.375 e. The number of halogens is 2. The Kier molecular flexibility index (Phi) is 6.63. The van der Waals surface area contributed by atoms with Gasteiger partial charge in [-0.1, -0.05) is 30.3 Å². The lowest BCUT2D eigenvalue weighted by Gasteiger charge is -2.32. The number of H-pyrrole nitrogens is 1. The van der Waals surface area contributed by atoms with Gasteiger partial charge in [0.1, 0.15) is 12.0 Å². The van der Waals surface area contributed by atoms with Crippen LogP contribution in [0.3, 0.4) is 0 Å². The zero-order valence-electron chi connectivity index (χ0n) is 15.0. The Balaban J connectivity index is 0.00000210. The molecule has 2 heterocycles. The molecule has 0 spiro atoms. The minimum atomic E-state index is -0.958. The Morgan fingerprint density at radius 1 is 1.19 bits per heavy atom. The normalized spacial score (nSPS) is 22.3. The zero-order chi connectivity index (χ0) is 17.8. The molecule has 0 amide bonds. The maximum atomic E-state index is 14.6. The van der Waals surface area contributed by atoms with Crippen LogP contribution < -0.4 is 5.32 Å². The molecule has 1 aliphatic rings. The van der Waals surface area contributed by atoms with E-state index in [0.717, 1.165) is 36.0 Å². The number of aromatic amines is 1. The Morgan fingerprint density at radius 3 is 2.85 bits per heavy atom. The Morgan fingerprint density at radius 2 is 2.04 bits per heavy atom. The van der Waals surface area contributed by atoms with Crippen molar-refractivity contribution in [2.75, 3.05) is 11.9 Å². The molecule has 0 saturated heterocycles. The number of nitrogens with one attached hydrogen (secondary N) is 2. The van der Waals surface area contributed by atoms with Crippen LogP contribution in [0.4, 0.5) is 10.2 Å². The molecule has 1 aliphatic carbocycles. The summed E-state index contributed by atoms with van der Waals surface area (Å²) in [5.74, 6) is 0.761. The first-order valence-corrected chi connectivity index (χ1v) is 9.14. The van der Waals surface area contributed by atoms with E-state index < -0.39 is 6.17 Å². The van der Waals surface area contributed by atoms with Crippen LogP contribution in [0.15, 0.2) is 48.8 Å². The van der Waals surface area contributed by atoms with Crippen molar-refractivity contribution in [1.29, 1.82) is 0 Å². The van der Waals surface area contributed by atoms with Gasteiger partial charge in [0.2, 0.25) is 0 Å². The van der Waals surface area contributed by atoms with Crippen molar-refractivity contribution in [2.45, 2.75) is 44.0 Å². The number of fused-ring (bicyclic) bond motifs is 1. The van der Waals surface area contributed by atoms with Gasteiger partial charge >= 0.3 is 0 Å². The molecule has 3 unspecified atom stereocenters. The molecule has 3 aromatic rings. The molecule has 1 aromatic carbocycles. The van der Waals surface area contributed by atoms with Gasteiger partial charge in [-0.25, -0.2) is 9.37 Å². The van der Waals surface area contributed by atoms with Gasteiger partial charge in [0.25, 0.3) is 0 Å². The second kappa shape index (κ2) is 9.15. The van der Waals surface area contributed by atoms with Crippen LogP contribution in [0.25, 0.3) is 10.9 Å². The highest BCUT2D eigenvalue weighted by molar-refractivity contribution is 5.88. The third-order valence-electron chi connectivity index (χ3n) is 4.99. The number of anilines is 1. The molecule has 27 heavy (non-hydrogen) atoms. The number of alkyl halides is 1. The van der Waals surface area contributed by atoms with Crippen molar-refractivity contribution in [1.82, 2.24) is 15.2 Å². The number of pyridine rings is 1. The first-order chi connectivity index (χ1) is 12.8. The lowest BCUT2D eigenvalue weighted by atomic mass is 9.91. The summed E-state index contributed by atoms with van der Waals surface area (Å²) in [5.41, 5.74) is 2.15. The molecule has 7 heteroatoms. The van der Waals surface area contributed by atoms with E-state index in [9.17, 15) is 4.39 Å². The number of nitrogens with zero attached hydrogens (tertiary/aromatic N) is 2. The first kappa shape index (κ1) is 19.6. The van der Waals surface area contributed by atoms with E-state index in [1.165, 1.54) is 5.56 Å². The summed E-state index contributed by atoms with van der Waals surface area (Å²) < 4.78 is 20.4. The van der Waals surface area contributed by atoms with Crippen LogP contribution in [-0.4, -0.2) is 40.1 Å². The summed E-state index contributed by atoms with van der Waals surface area (Å²) >= 11 is 0. The lowest BCUT2D eigenvalue weighted by molar-refractivity contribution is -0.0252. The highest BCUT2D eigenvalue weighted by Gasteiger charge is 2.31. The summed E-state index contributed by atoms with van der Waals surface area (Å²) in [6, 6.07) is 12.1. The Hall–Kier alpha value is -2.18. The molecule has 2 N–H and O–H groups in total. The summed E-state index contributed by atoms with van der Waals surface area (Å²) in [7, 11) is 0. The van der Waals surface area contributed by atoms with Crippen LogP contribution in [0, 0.1) is 0 Å². The van der Waals surface area contributed by atoms with Crippen molar-refractivity contribution >= 4 is 29.1 Å². The maximum absolute atomic E-state index is 14.6. The third-order valence-corrected chi connectivity index (χ3v) is 4.99. The molecule has 0 aliphatic heterocycles. The predicted octanol–water partition coefficient (Wildman–Crippen LogP) is 4.31. The fourth-order valence-electron chi connectivity index (χ4n) is 3.56. The van der Waals surface area contributed by atoms with Crippen LogP contribution in [0.1, 0.15) is 24.8 Å². The quantitative estimate of drug-likeness (QED) is 0.658. The molecule has 0 bridgehead atoms. The maximum Gasteiger partial charge on any atom is 0.137 e. The van der Waals surface area contributed by atoms with E-state index in [4.69, 9.17) is 4.74 Å². The molecule has 2 aromatic heterocycles. The van der Waals surface area contributed by atoms with Gasteiger partial charge in [0.15, 0.2) is 0 Å². The van der Waals surface area contributed by atoms with Gasteiger partial charge in [0, 0.05) is 18.7 Å². The monoisotopic (exact) mass is 390 g/mol. The van der Waals surface area contributed by atoms with Gasteiger partial charge in [-0.3, -0.25) is 5.10 Å². The smallest absolute Gasteiger partial charge is 0.137 e. The Labute approximate surface area is 164 Å². The zero-order valence-corrected chi connectivity index (χ0v) is 15.8. The van der Waals surface area contributed by atoms with Gasteiger partial charge in [-0.05, 0) is 30.9 Å². The van der Waals surface area contributed by atoms with Crippen molar-refractivity contribution in [3.05, 3.63) is 54.4 Å². The second-order valence-electron chi connectivity index (χ2n) is 6.81. The summed E-state index contributed by atoms with van der Waals surface area (Å²) in [6.45, 7) is 0.559. The fourth-order valence-corrected chi connectivity index (χ4v) is 3.56. The van der Waals surface area contributed by atoms with E-state index in [-0.39, 0.29) is 24.6 Å². The summed E-state index contributed by atoms with van der Waals surface area (Å²) in [4.78, 5) is 4.38. The SMILES string of the molecule is Cl.FC1CC(Nc2nccc3[nH]ncc23)CCC1OCCc1ccccc1. The minimum Gasteiger partial charge on any atom is -0.375 e. The molecule has 0 radical (unpaired) electrons. The topological polar surface area (TPSA) is 62.8 Å². The average Bonchev–Trinajstić information content (AvgIpc) is 3.14. The van der Waals surface area contributed by atoms with Gasteiger partial charge < -0.3 is 10.1 Å². The van der Waals surface area contributed by atoms with E-state index in [2.05, 4.69) is 32.6 Å². The molecule has 1 saturated carbocycles. The number of hydrogen-bond acceptors (Lipinski definition) is 4. The van der Waals surface area contributed by atoms with E-state index >= 15 is 0 Å². The summed E-state index contributed by atoms with van der Waals surface area (Å²) in [6.07, 6.45) is 5.05. The fraction of sp³-hybridized carbons (Fsp3) is 0.400. The third kappa shape index (κ3) is 4.76. The van der Waals surface area contributed by atoms with E-state index in [0.29, 0.717) is 13.0 Å². The number of rotatable bonds is 6. The van der Waals surface area contributed by atoms with Gasteiger partial charge in [0.05, 0.1) is 29.8 Å². The minimum absolute atomic E-state index is 0. The molecular weight excluding hydrogens is 367 g/mol. The second-order valence-corrected chi connectivity index (χ2v) is 6.81. The molecule has 5 nitrogen and oxygen atoms in total. The van der Waals surface area contributed by atoms with Crippen molar-refractivity contribution in [2.24, 2.45) is 0 Å². The highest BCUT2D eigenvalue weighted by Crippen LogP contribution is 2.28. The number of benzene rings is 1. The first-order valence-electron chi connectivity index (χ1n) is 9.14. The molecule has 4 rings (SSSR count). The lowest BCUT2D eigenvalue weighted by Crippen LogP contribution is -2.39. The van der Waals surface area contributed by atoms with Crippen LogP contribution in [-0.2, 0) is 11.2 Å². The number of aromatic nitrogens is 3. The van der Waals surface area contributed by atoms with Gasteiger partial charge in [-0.15, -0.1) is 12.4 Å². The van der Waals surface area contributed by atoms with E-state index in [1.807, 2.05) is 24.3 Å². The van der Waals surface area contributed by atoms with Crippen LogP contribution in [0.2, 0.25) is 0 Å². The Bertz CT molecular complexity index is 844. The van der Waals surface area contributed by atoms with Crippen molar-refractivity contribution in [3.63, 3.8) is 0 Å². The standard InChI is InChI=1S/C20H23FN4O.ClH/c21-17-12-15(24-20-16-13-23-25-18(16)8-10-22-20)6-7-19(17)26-11-9-14-4-2-1-3-5-14;/h1-5,8,10,13,15,17,19H,6-7,9,11-12H2,(H,22,24)(H,23,25);1H. The highest BCUT2D eigenvalue weighted by atomic mass is 35.5. The average molecular weight is 391 g/mol. The number of ether oxygens (including phenoxy) is 1. The van der Waals surface area contributed by atoms with Crippen molar-refractivity contribution < 1.29 is 9.13 Å². The summed E-state index contributed by atoms with van der Waals surface area (Å²) in [5, 5.41) is 11.3. The molecule has 1 fully saturated rings.